The van der Waals surface area contributed by atoms with Crippen molar-refractivity contribution in [3.05, 3.63) is 35.6 Å². The number of aliphatic carboxylic acids is 1. The number of nitrogens with zero attached hydrogens (tertiary/aromatic N) is 1. The summed E-state index contributed by atoms with van der Waals surface area (Å²) < 4.78 is 13.0. The number of halogens is 1. The van der Waals surface area contributed by atoms with Gasteiger partial charge in [-0.05, 0) is 17.7 Å². The Balaban J connectivity index is 2.70. The Morgan fingerprint density at radius 1 is 1.32 bits per heavy atom. The molecular formula is C14H18FNO3. The van der Waals surface area contributed by atoms with Gasteiger partial charge in [0.2, 0.25) is 5.91 Å². The number of carbonyl (C=O) groups is 2. The molecule has 0 aliphatic rings. The molecule has 0 saturated heterocycles. The zero-order chi connectivity index (χ0) is 14.6. The molecule has 1 aromatic rings. The molecule has 1 amide bonds. The van der Waals surface area contributed by atoms with Gasteiger partial charge in [0.25, 0.3) is 0 Å². The van der Waals surface area contributed by atoms with E-state index in [0.717, 1.165) is 0 Å². The van der Waals surface area contributed by atoms with E-state index in [1.54, 1.807) is 26.1 Å². The summed E-state index contributed by atoms with van der Waals surface area (Å²) in [4.78, 5) is 24.3. The maximum Gasteiger partial charge on any atom is 0.307 e. The molecule has 104 valence electrons. The van der Waals surface area contributed by atoms with Crippen LogP contribution in [-0.2, 0) is 16.1 Å². The van der Waals surface area contributed by atoms with E-state index in [0.29, 0.717) is 5.56 Å². The second-order valence-electron chi connectivity index (χ2n) is 4.74. The van der Waals surface area contributed by atoms with E-state index in [9.17, 15) is 14.0 Å². The van der Waals surface area contributed by atoms with Gasteiger partial charge in [-0.15, -0.1) is 0 Å². The van der Waals surface area contributed by atoms with Gasteiger partial charge in [-0.25, -0.2) is 4.39 Å². The fourth-order valence-electron chi connectivity index (χ4n) is 1.76. The first-order valence-electron chi connectivity index (χ1n) is 6.05. The summed E-state index contributed by atoms with van der Waals surface area (Å²) in [5.41, 5.74) is 0.672. The molecule has 4 nitrogen and oxygen atoms in total. The van der Waals surface area contributed by atoms with Crippen LogP contribution in [-0.4, -0.2) is 28.9 Å². The van der Waals surface area contributed by atoms with E-state index in [4.69, 9.17) is 5.11 Å². The van der Waals surface area contributed by atoms with Gasteiger partial charge in [-0.3, -0.25) is 9.59 Å². The molecule has 1 aromatic carbocycles. The van der Waals surface area contributed by atoms with E-state index in [2.05, 4.69) is 0 Å². The van der Waals surface area contributed by atoms with Gasteiger partial charge in [0.1, 0.15) is 5.82 Å². The van der Waals surface area contributed by atoms with Crippen LogP contribution < -0.4 is 0 Å². The SMILES string of the molecule is CC(C(=O)O)C(C)C(=O)N(C)Cc1cccc(F)c1. The number of amides is 1. The van der Waals surface area contributed by atoms with Crippen LogP contribution in [0.5, 0.6) is 0 Å². The Kier molecular flexibility index (Phi) is 5.03. The van der Waals surface area contributed by atoms with Crippen LogP contribution in [0.1, 0.15) is 19.4 Å². The average Bonchev–Trinajstić information content (AvgIpc) is 2.35. The van der Waals surface area contributed by atoms with Crippen molar-refractivity contribution in [2.75, 3.05) is 7.05 Å². The van der Waals surface area contributed by atoms with Gasteiger partial charge in [-0.2, -0.15) is 0 Å². The topological polar surface area (TPSA) is 57.6 Å². The lowest BCUT2D eigenvalue weighted by Gasteiger charge is -2.23. The first kappa shape index (κ1) is 15.1. The highest BCUT2D eigenvalue weighted by atomic mass is 19.1. The molecule has 0 spiro atoms. The molecule has 0 aromatic heterocycles. The highest BCUT2D eigenvalue weighted by Crippen LogP contribution is 2.15. The molecule has 1 N–H and O–H groups in total. The summed E-state index contributed by atoms with van der Waals surface area (Å²) >= 11 is 0. The molecular weight excluding hydrogens is 249 g/mol. The molecule has 0 radical (unpaired) electrons. The lowest BCUT2D eigenvalue weighted by Crippen LogP contribution is -2.36. The molecule has 19 heavy (non-hydrogen) atoms. The van der Waals surface area contributed by atoms with Gasteiger partial charge < -0.3 is 10.0 Å². The molecule has 0 heterocycles. The molecule has 5 heteroatoms. The smallest absolute Gasteiger partial charge is 0.307 e. The van der Waals surface area contributed by atoms with Crippen molar-refractivity contribution in [1.29, 1.82) is 0 Å². The van der Waals surface area contributed by atoms with Crippen molar-refractivity contribution in [3.63, 3.8) is 0 Å². The Bertz CT molecular complexity index is 476. The van der Waals surface area contributed by atoms with Crippen molar-refractivity contribution in [3.8, 4) is 0 Å². The van der Waals surface area contributed by atoms with Crippen LogP contribution in [0.15, 0.2) is 24.3 Å². The Morgan fingerprint density at radius 2 is 1.95 bits per heavy atom. The molecule has 0 bridgehead atoms. The summed E-state index contributed by atoms with van der Waals surface area (Å²) in [6.45, 7) is 3.34. The fraction of sp³-hybridized carbons (Fsp3) is 0.429. The third kappa shape index (κ3) is 4.05. The Hall–Kier alpha value is -1.91. The zero-order valence-corrected chi connectivity index (χ0v) is 11.3. The summed E-state index contributed by atoms with van der Waals surface area (Å²) in [6.07, 6.45) is 0. The molecule has 0 saturated carbocycles. The fourth-order valence-corrected chi connectivity index (χ4v) is 1.76. The zero-order valence-electron chi connectivity index (χ0n) is 11.3. The van der Waals surface area contributed by atoms with Crippen LogP contribution in [0.2, 0.25) is 0 Å². The van der Waals surface area contributed by atoms with Gasteiger partial charge in [0, 0.05) is 19.5 Å². The summed E-state index contributed by atoms with van der Waals surface area (Å²) in [7, 11) is 1.58. The number of hydrogen-bond acceptors (Lipinski definition) is 2. The number of rotatable bonds is 5. The Morgan fingerprint density at radius 3 is 2.47 bits per heavy atom. The van der Waals surface area contributed by atoms with E-state index in [-0.39, 0.29) is 18.3 Å². The number of carboxylic acids is 1. The third-order valence-electron chi connectivity index (χ3n) is 3.21. The summed E-state index contributed by atoms with van der Waals surface area (Å²) in [6, 6.07) is 5.99. The van der Waals surface area contributed by atoms with Crippen molar-refractivity contribution in [2.24, 2.45) is 11.8 Å². The van der Waals surface area contributed by atoms with Gasteiger partial charge in [-0.1, -0.05) is 26.0 Å². The minimum atomic E-state index is -1.000. The van der Waals surface area contributed by atoms with Crippen molar-refractivity contribution in [2.45, 2.75) is 20.4 Å². The van der Waals surface area contributed by atoms with Crippen LogP contribution in [0.25, 0.3) is 0 Å². The molecule has 0 aliphatic carbocycles. The molecule has 1 rings (SSSR count). The largest absolute Gasteiger partial charge is 0.481 e. The minimum Gasteiger partial charge on any atom is -0.481 e. The van der Waals surface area contributed by atoms with E-state index < -0.39 is 17.8 Å². The molecule has 2 atom stereocenters. The van der Waals surface area contributed by atoms with Crippen molar-refractivity contribution >= 4 is 11.9 Å². The first-order valence-corrected chi connectivity index (χ1v) is 6.05. The van der Waals surface area contributed by atoms with Crippen LogP contribution in [0, 0.1) is 17.7 Å². The predicted molar refractivity (Wildman–Crippen MR) is 68.8 cm³/mol. The van der Waals surface area contributed by atoms with Gasteiger partial charge >= 0.3 is 5.97 Å². The van der Waals surface area contributed by atoms with Gasteiger partial charge in [0.05, 0.1) is 5.92 Å². The van der Waals surface area contributed by atoms with Crippen molar-refractivity contribution in [1.82, 2.24) is 4.90 Å². The molecule has 2 unspecified atom stereocenters. The van der Waals surface area contributed by atoms with Crippen LogP contribution in [0.4, 0.5) is 4.39 Å². The quantitative estimate of drug-likeness (QED) is 0.889. The van der Waals surface area contributed by atoms with Gasteiger partial charge in [0.15, 0.2) is 0 Å². The molecule has 0 fully saturated rings. The summed E-state index contributed by atoms with van der Waals surface area (Å²) in [5, 5.41) is 8.89. The highest BCUT2D eigenvalue weighted by molar-refractivity contribution is 5.84. The monoisotopic (exact) mass is 267 g/mol. The second-order valence-corrected chi connectivity index (χ2v) is 4.74. The summed E-state index contributed by atoms with van der Waals surface area (Å²) in [5.74, 6) is -2.98. The number of carbonyl (C=O) groups excluding carboxylic acids is 1. The highest BCUT2D eigenvalue weighted by Gasteiger charge is 2.27. The maximum atomic E-state index is 13.0. The number of hydrogen-bond donors (Lipinski definition) is 1. The van der Waals surface area contributed by atoms with Crippen molar-refractivity contribution < 1.29 is 19.1 Å². The van der Waals surface area contributed by atoms with Crippen LogP contribution >= 0.6 is 0 Å². The first-order chi connectivity index (χ1) is 8.82. The third-order valence-corrected chi connectivity index (χ3v) is 3.21. The maximum absolute atomic E-state index is 13.0. The van der Waals surface area contributed by atoms with Crippen LogP contribution in [0.3, 0.4) is 0 Å². The van der Waals surface area contributed by atoms with E-state index in [1.807, 2.05) is 0 Å². The number of benzene rings is 1. The lowest BCUT2D eigenvalue weighted by molar-refractivity contribution is -0.148. The average molecular weight is 267 g/mol. The Labute approximate surface area is 111 Å². The molecule has 0 aliphatic heterocycles. The second kappa shape index (κ2) is 6.31. The standard InChI is InChI=1S/C14H18FNO3/c1-9(10(2)14(18)19)13(17)16(3)8-11-5-4-6-12(15)7-11/h4-7,9-10H,8H2,1-3H3,(H,18,19). The predicted octanol–water partition coefficient (Wildman–Crippen LogP) is 2.14. The lowest BCUT2D eigenvalue weighted by atomic mass is 9.95. The minimum absolute atomic E-state index is 0.257. The van der Waals surface area contributed by atoms with E-state index in [1.165, 1.54) is 24.0 Å². The number of carboxylic acid groups (broad SMARTS) is 1. The normalized spacial score (nSPS) is 13.7. The van der Waals surface area contributed by atoms with E-state index >= 15 is 0 Å².